The van der Waals surface area contributed by atoms with E-state index >= 15 is 0 Å². The molecule has 0 rings (SSSR count). The van der Waals surface area contributed by atoms with Crippen LogP contribution in [-0.4, -0.2) is 24.7 Å². The van der Waals surface area contributed by atoms with Gasteiger partial charge in [0.1, 0.15) is 0 Å². The van der Waals surface area contributed by atoms with E-state index in [1.54, 1.807) is 13.8 Å². The van der Waals surface area contributed by atoms with Crippen molar-refractivity contribution in [2.24, 2.45) is 0 Å². The van der Waals surface area contributed by atoms with Gasteiger partial charge in [-0.25, -0.2) is 8.42 Å². The summed E-state index contributed by atoms with van der Waals surface area (Å²) in [6.45, 7) is 3.24. The average molecular weight is 591 g/mol. The fourth-order valence-electron chi connectivity index (χ4n) is 3.49. The predicted octanol–water partition coefficient (Wildman–Crippen LogP) is 10.8. The number of unbranched alkanes of at least 4 members (excludes halogenated alkanes) is 14. The summed E-state index contributed by atoms with van der Waals surface area (Å²) in [5.41, 5.74) is -0.927. The van der Waals surface area contributed by atoms with Crippen molar-refractivity contribution in [1.29, 1.82) is 0 Å². The van der Waals surface area contributed by atoms with E-state index in [1.165, 1.54) is 44.9 Å². The van der Waals surface area contributed by atoms with Crippen molar-refractivity contribution in [1.82, 2.24) is 0 Å². The molecule has 0 heterocycles. The topological polar surface area (TPSA) is 66.4 Å². The Labute approximate surface area is 208 Å². The maximum absolute atomic E-state index is 12.0. The zero-order chi connectivity index (χ0) is 28.6. The molecule has 0 aliphatic heterocycles. The molecule has 4 nitrogen and oxygen atoms in total. The molecular weight excluding hydrogens is 550 g/mol. The van der Waals surface area contributed by atoms with E-state index < -0.39 is 36.4 Å². The Bertz CT molecular complexity index is 668. The quantitative estimate of drug-likeness (QED) is 0.0493. The van der Waals surface area contributed by atoms with E-state index in [0.29, 0.717) is 12.8 Å². The summed E-state index contributed by atoms with van der Waals surface area (Å²) in [4.78, 5) is 0. The summed E-state index contributed by atoms with van der Waals surface area (Å²) < 4.78 is 132. The molecule has 0 saturated carbocycles. The third kappa shape index (κ3) is 46.9. The van der Waals surface area contributed by atoms with Crippen molar-refractivity contribution in [3.8, 4) is 0 Å². The maximum atomic E-state index is 12.0. The molecule has 0 aliphatic rings. The van der Waals surface area contributed by atoms with Gasteiger partial charge >= 0.3 is 39.2 Å². The SMILES string of the molecule is CC(C)(CCCCCCCCCCCCCCCCCC(F)(F)F)OS(=O)(=O)[O-].F[P-](F)(F)(F)(F)F. The summed E-state index contributed by atoms with van der Waals surface area (Å²) in [6, 6.07) is 0. The molecule has 36 heavy (non-hydrogen) atoms. The van der Waals surface area contributed by atoms with Gasteiger partial charge in [-0.1, -0.05) is 89.9 Å². The van der Waals surface area contributed by atoms with Crippen LogP contribution >= 0.6 is 7.81 Å². The van der Waals surface area contributed by atoms with Gasteiger partial charge in [-0.2, -0.15) is 13.2 Å². The Balaban J connectivity index is 0. The van der Waals surface area contributed by atoms with Crippen LogP contribution in [-0.2, 0) is 14.6 Å². The van der Waals surface area contributed by atoms with E-state index in [2.05, 4.69) is 4.18 Å². The van der Waals surface area contributed by atoms with Gasteiger partial charge in [0.15, 0.2) is 0 Å². The van der Waals surface area contributed by atoms with Crippen LogP contribution in [0.1, 0.15) is 123 Å². The molecule has 0 N–H and O–H groups in total. The van der Waals surface area contributed by atoms with Crippen LogP contribution in [0.25, 0.3) is 0 Å². The van der Waals surface area contributed by atoms with Crippen LogP contribution in [0, 0.1) is 0 Å². The van der Waals surface area contributed by atoms with Crippen LogP contribution in [0.2, 0.25) is 0 Å². The molecule has 0 amide bonds. The molecule has 0 aromatic heterocycles. The van der Waals surface area contributed by atoms with Gasteiger partial charge in [0.05, 0.1) is 5.60 Å². The summed E-state index contributed by atoms with van der Waals surface area (Å²) in [5, 5.41) is 0. The Morgan fingerprint density at radius 2 is 0.806 bits per heavy atom. The van der Waals surface area contributed by atoms with Gasteiger partial charge < -0.3 is 4.55 Å². The fourth-order valence-corrected chi connectivity index (χ4v) is 4.13. The van der Waals surface area contributed by atoms with Gasteiger partial charge in [0.25, 0.3) is 0 Å². The molecule has 0 saturated heterocycles. The Morgan fingerprint density at radius 1 is 0.583 bits per heavy atom. The van der Waals surface area contributed by atoms with Crippen molar-refractivity contribution in [2.75, 3.05) is 0 Å². The second-order valence-corrected chi connectivity index (χ2v) is 12.5. The average Bonchev–Trinajstić information content (AvgIpc) is 2.58. The van der Waals surface area contributed by atoms with Crippen molar-refractivity contribution >= 4 is 18.2 Å². The van der Waals surface area contributed by atoms with Gasteiger partial charge in [-0.3, -0.25) is 4.18 Å². The van der Waals surface area contributed by atoms with Crippen molar-refractivity contribution in [2.45, 2.75) is 135 Å². The van der Waals surface area contributed by atoms with Crippen molar-refractivity contribution in [3.05, 3.63) is 0 Å². The van der Waals surface area contributed by atoms with Gasteiger partial charge in [0.2, 0.25) is 10.4 Å². The molecule has 0 aliphatic carbocycles. The first-order valence-corrected chi connectivity index (χ1v) is 15.5. The van der Waals surface area contributed by atoms with Crippen LogP contribution < -0.4 is 0 Å². The molecule has 15 heteroatoms. The summed E-state index contributed by atoms with van der Waals surface area (Å²) in [5.74, 6) is 0. The number of alkyl halides is 3. The minimum absolute atomic E-state index is 0.261. The van der Waals surface area contributed by atoms with Gasteiger partial charge in [-0.05, 0) is 26.7 Å². The third-order valence-corrected chi connectivity index (χ3v) is 5.72. The molecule has 0 radical (unpaired) electrons. The fraction of sp³-hybridized carbons (Fsp3) is 1.00. The van der Waals surface area contributed by atoms with E-state index in [9.17, 15) is 51.3 Å². The van der Waals surface area contributed by atoms with Crippen LogP contribution in [0.15, 0.2) is 0 Å². The van der Waals surface area contributed by atoms with E-state index in [0.717, 1.165) is 38.5 Å². The summed E-state index contributed by atoms with van der Waals surface area (Å²) in [7, 11) is -15.3. The Kier molecular flexibility index (Phi) is 16.1. The minimum atomic E-state index is -10.7. The molecule has 0 bridgehead atoms. The van der Waals surface area contributed by atoms with Gasteiger partial charge in [-0.15, -0.1) is 0 Å². The number of rotatable bonds is 19. The monoisotopic (exact) mass is 590 g/mol. The van der Waals surface area contributed by atoms with Gasteiger partial charge in [0, 0.05) is 6.42 Å². The zero-order valence-corrected chi connectivity index (χ0v) is 22.6. The molecule has 0 atom stereocenters. The first-order chi connectivity index (χ1) is 15.9. The normalized spacial score (nSPS) is 15.1. The van der Waals surface area contributed by atoms with E-state index in [-0.39, 0.29) is 6.42 Å². The van der Waals surface area contributed by atoms with Crippen LogP contribution in [0.4, 0.5) is 38.4 Å². The molecular formula is C21H40F9O4PS-2. The third-order valence-electron chi connectivity index (χ3n) is 5.07. The standard InChI is InChI=1S/C21H41F3O4S.F6P/c1-20(2,28-29(25,26)27)18-16-14-12-10-8-6-4-3-5-7-9-11-13-15-17-19-21(22,23)24;1-7(2,3,4,5)6/h3-19H2,1-2H3,(H,25,26,27);/q;-1/p-1. The summed E-state index contributed by atoms with van der Waals surface area (Å²) in [6.07, 6.45) is 11.3. The second-order valence-electron chi connectivity index (χ2n) is 9.63. The van der Waals surface area contributed by atoms with E-state index in [4.69, 9.17) is 0 Å². The first kappa shape index (κ1) is 37.8. The van der Waals surface area contributed by atoms with E-state index in [1.807, 2.05) is 0 Å². The molecule has 0 unspecified atom stereocenters. The van der Waals surface area contributed by atoms with Crippen LogP contribution in [0.5, 0.6) is 0 Å². The molecule has 0 aromatic carbocycles. The zero-order valence-electron chi connectivity index (χ0n) is 20.9. The first-order valence-electron chi connectivity index (χ1n) is 12.2. The van der Waals surface area contributed by atoms with Crippen molar-refractivity contribution < 1.29 is 55.5 Å². The van der Waals surface area contributed by atoms with Crippen LogP contribution in [0.3, 0.4) is 0 Å². The second kappa shape index (κ2) is 15.3. The molecule has 0 aromatic rings. The molecule has 0 spiro atoms. The Hall–Kier alpha value is -0.330. The Morgan fingerprint density at radius 3 is 1.03 bits per heavy atom. The summed E-state index contributed by atoms with van der Waals surface area (Å²) >= 11 is 0. The number of halogens is 9. The molecule has 0 fully saturated rings. The number of hydrogen-bond acceptors (Lipinski definition) is 4. The molecule has 224 valence electrons. The predicted molar refractivity (Wildman–Crippen MR) is 123 cm³/mol. The number of hydrogen-bond donors (Lipinski definition) is 0. The van der Waals surface area contributed by atoms with Crippen molar-refractivity contribution in [3.63, 3.8) is 0 Å².